The molecule has 6 nitrogen and oxygen atoms in total. The van der Waals surface area contributed by atoms with Crippen molar-refractivity contribution in [3.8, 4) is 5.75 Å². The van der Waals surface area contributed by atoms with E-state index in [0.29, 0.717) is 22.0 Å². The number of ether oxygens (including phenoxy) is 1. The topological polar surface area (TPSA) is 81.4 Å². The standard InChI is InChI=1S/C13H15ClN2O4S/c1-8-13(9(2)20-16-8)21(17,18)15-7-10-6-11(14)4-5-12(10)19-3/h4-6,15H,7H2,1-3H3. The van der Waals surface area contributed by atoms with Gasteiger partial charge in [0.15, 0.2) is 5.76 Å². The smallest absolute Gasteiger partial charge is 0.246 e. The lowest BCUT2D eigenvalue weighted by Gasteiger charge is -2.10. The molecule has 1 heterocycles. The summed E-state index contributed by atoms with van der Waals surface area (Å²) in [5.41, 5.74) is 0.957. The van der Waals surface area contributed by atoms with Gasteiger partial charge in [0.25, 0.3) is 0 Å². The monoisotopic (exact) mass is 330 g/mol. The third-order valence-electron chi connectivity index (χ3n) is 2.93. The number of rotatable bonds is 5. The summed E-state index contributed by atoms with van der Waals surface area (Å²) in [6.45, 7) is 3.18. The van der Waals surface area contributed by atoms with Crippen LogP contribution in [0.3, 0.4) is 0 Å². The molecule has 1 aromatic heterocycles. The van der Waals surface area contributed by atoms with Gasteiger partial charge in [-0.3, -0.25) is 0 Å². The van der Waals surface area contributed by atoms with Gasteiger partial charge in [0, 0.05) is 17.1 Å². The van der Waals surface area contributed by atoms with E-state index in [1.807, 2.05) is 0 Å². The third-order valence-corrected chi connectivity index (χ3v) is 4.81. The van der Waals surface area contributed by atoms with E-state index in [1.54, 1.807) is 32.0 Å². The van der Waals surface area contributed by atoms with Crippen LogP contribution in [0, 0.1) is 13.8 Å². The van der Waals surface area contributed by atoms with Crippen LogP contribution in [-0.4, -0.2) is 20.7 Å². The minimum absolute atomic E-state index is 0.0517. The number of aromatic nitrogens is 1. The number of nitrogens with zero attached hydrogens (tertiary/aromatic N) is 1. The molecule has 114 valence electrons. The van der Waals surface area contributed by atoms with Gasteiger partial charge in [-0.1, -0.05) is 16.8 Å². The molecule has 0 saturated heterocycles. The Labute approximate surface area is 128 Å². The first-order valence-corrected chi connectivity index (χ1v) is 7.96. The van der Waals surface area contributed by atoms with Crippen LogP contribution in [0.25, 0.3) is 0 Å². The fourth-order valence-electron chi connectivity index (χ4n) is 1.99. The van der Waals surface area contributed by atoms with Gasteiger partial charge in [0.1, 0.15) is 16.3 Å². The summed E-state index contributed by atoms with van der Waals surface area (Å²) in [5, 5.41) is 4.15. The average molecular weight is 331 g/mol. The van der Waals surface area contributed by atoms with Crippen LogP contribution in [0.2, 0.25) is 5.02 Å². The number of hydrogen-bond acceptors (Lipinski definition) is 5. The zero-order valence-corrected chi connectivity index (χ0v) is 13.4. The van der Waals surface area contributed by atoms with Crippen molar-refractivity contribution in [1.29, 1.82) is 0 Å². The lowest BCUT2D eigenvalue weighted by molar-refractivity contribution is 0.390. The minimum atomic E-state index is -3.72. The molecule has 0 fully saturated rings. The number of halogens is 1. The summed E-state index contributed by atoms with van der Waals surface area (Å²) in [7, 11) is -2.21. The Kier molecular flexibility index (Phi) is 4.55. The van der Waals surface area contributed by atoms with Crippen molar-refractivity contribution in [3.63, 3.8) is 0 Å². The van der Waals surface area contributed by atoms with E-state index in [1.165, 1.54) is 7.11 Å². The first-order chi connectivity index (χ1) is 9.85. The van der Waals surface area contributed by atoms with Gasteiger partial charge < -0.3 is 9.26 Å². The molecule has 0 spiro atoms. The van der Waals surface area contributed by atoms with Gasteiger partial charge in [-0.2, -0.15) is 0 Å². The van der Waals surface area contributed by atoms with E-state index in [2.05, 4.69) is 9.88 Å². The summed E-state index contributed by atoms with van der Waals surface area (Å²) in [4.78, 5) is 0.0588. The fourth-order valence-corrected chi connectivity index (χ4v) is 3.51. The van der Waals surface area contributed by atoms with Crippen LogP contribution in [0.5, 0.6) is 5.75 Å². The summed E-state index contributed by atoms with van der Waals surface area (Å²) in [5.74, 6) is 0.805. The van der Waals surface area contributed by atoms with E-state index >= 15 is 0 Å². The Hall–Kier alpha value is -1.57. The highest BCUT2D eigenvalue weighted by Gasteiger charge is 2.24. The van der Waals surface area contributed by atoms with Gasteiger partial charge in [0.05, 0.1) is 7.11 Å². The predicted molar refractivity (Wildman–Crippen MR) is 78.0 cm³/mol. The maximum Gasteiger partial charge on any atom is 0.246 e. The molecule has 0 aliphatic carbocycles. The van der Waals surface area contributed by atoms with Gasteiger partial charge in [-0.25, -0.2) is 13.1 Å². The molecule has 8 heteroatoms. The quantitative estimate of drug-likeness (QED) is 0.910. The lowest BCUT2D eigenvalue weighted by Crippen LogP contribution is -2.24. The van der Waals surface area contributed by atoms with Crippen molar-refractivity contribution in [2.24, 2.45) is 0 Å². The molecule has 2 aromatic rings. The molecule has 0 saturated carbocycles. The molecule has 0 amide bonds. The molecule has 2 rings (SSSR count). The number of methoxy groups -OCH3 is 1. The molecule has 21 heavy (non-hydrogen) atoms. The van der Waals surface area contributed by atoms with E-state index < -0.39 is 10.0 Å². The molecule has 1 aromatic carbocycles. The molecule has 0 unspecified atom stereocenters. The molecule has 0 bridgehead atoms. The molecule has 1 N–H and O–H groups in total. The third kappa shape index (κ3) is 3.37. The number of sulfonamides is 1. The van der Waals surface area contributed by atoms with Crippen LogP contribution in [0.1, 0.15) is 17.0 Å². The number of benzene rings is 1. The summed E-state index contributed by atoms with van der Waals surface area (Å²) in [6.07, 6.45) is 0. The van der Waals surface area contributed by atoms with Crippen molar-refractivity contribution >= 4 is 21.6 Å². The maximum atomic E-state index is 12.3. The van der Waals surface area contributed by atoms with E-state index in [9.17, 15) is 8.42 Å². The molecule has 0 atom stereocenters. The van der Waals surface area contributed by atoms with Crippen LogP contribution < -0.4 is 9.46 Å². The molecule has 0 aliphatic rings. The zero-order chi connectivity index (χ0) is 15.6. The molecular formula is C13H15ClN2O4S. The Balaban J connectivity index is 2.26. The molecular weight excluding hydrogens is 316 g/mol. The van der Waals surface area contributed by atoms with Crippen molar-refractivity contribution in [2.75, 3.05) is 7.11 Å². The maximum absolute atomic E-state index is 12.3. The van der Waals surface area contributed by atoms with E-state index in [4.69, 9.17) is 20.9 Å². The summed E-state index contributed by atoms with van der Waals surface area (Å²) < 4.78 is 37.2. The fraction of sp³-hybridized carbons (Fsp3) is 0.308. The van der Waals surface area contributed by atoms with Crippen molar-refractivity contribution < 1.29 is 17.7 Å². The van der Waals surface area contributed by atoms with Crippen LogP contribution >= 0.6 is 11.6 Å². The highest BCUT2D eigenvalue weighted by atomic mass is 35.5. The number of nitrogens with one attached hydrogen (secondary N) is 1. The minimum Gasteiger partial charge on any atom is -0.496 e. The SMILES string of the molecule is COc1ccc(Cl)cc1CNS(=O)(=O)c1c(C)noc1C. The van der Waals surface area contributed by atoms with Crippen LogP contribution in [0.15, 0.2) is 27.6 Å². The van der Waals surface area contributed by atoms with Gasteiger partial charge >= 0.3 is 0 Å². The predicted octanol–water partition coefficient (Wildman–Crippen LogP) is 2.43. The number of hydrogen-bond donors (Lipinski definition) is 1. The normalized spacial score (nSPS) is 11.6. The molecule has 0 aliphatic heterocycles. The average Bonchev–Trinajstić information content (AvgIpc) is 2.77. The zero-order valence-electron chi connectivity index (χ0n) is 11.8. The number of aryl methyl sites for hydroxylation is 2. The first-order valence-electron chi connectivity index (χ1n) is 6.10. The highest BCUT2D eigenvalue weighted by molar-refractivity contribution is 7.89. The Morgan fingerprint density at radius 3 is 2.67 bits per heavy atom. The Morgan fingerprint density at radius 2 is 2.10 bits per heavy atom. The largest absolute Gasteiger partial charge is 0.496 e. The van der Waals surface area contributed by atoms with E-state index in [-0.39, 0.29) is 17.2 Å². The second-order valence-corrected chi connectivity index (χ2v) is 6.57. The summed E-state index contributed by atoms with van der Waals surface area (Å²) in [6, 6.07) is 5.00. The van der Waals surface area contributed by atoms with Crippen LogP contribution in [0.4, 0.5) is 0 Å². The Bertz CT molecular complexity index is 736. The van der Waals surface area contributed by atoms with Crippen molar-refractivity contribution in [1.82, 2.24) is 9.88 Å². The lowest BCUT2D eigenvalue weighted by atomic mass is 10.2. The second kappa shape index (κ2) is 6.05. The van der Waals surface area contributed by atoms with Gasteiger partial charge in [-0.05, 0) is 32.0 Å². The van der Waals surface area contributed by atoms with Gasteiger partial charge in [-0.15, -0.1) is 0 Å². The van der Waals surface area contributed by atoms with Gasteiger partial charge in [0.2, 0.25) is 10.0 Å². The second-order valence-electron chi connectivity index (χ2n) is 4.43. The summed E-state index contributed by atoms with van der Waals surface area (Å²) >= 11 is 5.92. The van der Waals surface area contributed by atoms with Crippen molar-refractivity contribution in [2.45, 2.75) is 25.3 Å². The van der Waals surface area contributed by atoms with E-state index in [0.717, 1.165) is 0 Å². The van der Waals surface area contributed by atoms with Crippen LogP contribution in [-0.2, 0) is 16.6 Å². The first kappa shape index (κ1) is 15.8. The molecule has 0 radical (unpaired) electrons. The Morgan fingerprint density at radius 1 is 1.38 bits per heavy atom. The van der Waals surface area contributed by atoms with Crippen molar-refractivity contribution in [3.05, 3.63) is 40.2 Å². The highest BCUT2D eigenvalue weighted by Crippen LogP contribution is 2.24.